The molecule has 0 aromatic carbocycles. The van der Waals surface area contributed by atoms with Crippen LogP contribution in [0, 0.1) is 23.2 Å². The van der Waals surface area contributed by atoms with Gasteiger partial charge in [0.25, 0.3) is 0 Å². The van der Waals surface area contributed by atoms with Crippen LogP contribution in [-0.4, -0.2) is 19.8 Å². The van der Waals surface area contributed by atoms with Gasteiger partial charge >= 0.3 is 7.12 Å². The van der Waals surface area contributed by atoms with Gasteiger partial charge in [0.15, 0.2) is 0 Å². The van der Waals surface area contributed by atoms with E-state index < -0.39 is 0 Å². The van der Waals surface area contributed by atoms with E-state index in [1.54, 1.807) is 0 Å². The van der Waals surface area contributed by atoms with Gasteiger partial charge in [0.1, 0.15) is 0 Å². The summed E-state index contributed by atoms with van der Waals surface area (Å²) in [5.74, 6) is 2.82. The molecule has 4 fully saturated rings. The second-order valence-corrected chi connectivity index (χ2v) is 8.45. The fourth-order valence-electron chi connectivity index (χ4n) is 4.88. The van der Waals surface area contributed by atoms with Gasteiger partial charge in [-0.2, -0.15) is 0 Å². The summed E-state index contributed by atoms with van der Waals surface area (Å²) in [5.41, 5.74) is 0.418. The smallest absolute Gasteiger partial charge is 0.411 e. The summed E-state index contributed by atoms with van der Waals surface area (Å²) in [4.78, 5) is 0. The number of fused-ring (bicyclic) bond motifs is 5. The summed E-state index contributed by atoms with van der Waals surface area (Å²) in [5, 5.41) is 0. The fourth-order valence-corrected chi connectivity index (χ4v) is 4.88. The van der Waals surface area contributed by atoms with Gasteiger partial charge < -0.3 is 9.31 Å². The van der Waals surface area contributed by atoms with Crippen LogP contribution in [0.4, 0.5) is 0 Å². The van der Waals surface area contributed by atoms with Crippen LogP contribution in [0.5, 0.6) is 0 Å². The van der Waals surface area contributed by atoms with Crippen molar-refractivity contribution in [3.63, 3.8) is 0 Å². The second kappa shape index (κ2) is 6.69. The molecule has 0 N–H and O–H groups in total. The number of allylic oxidation sites excluding steroid dienone is 2. The summed E-state index contributed by atoms with van der Waals surface area (Å²) in [6, 6.07) is 0. The van der Waals surface area contributed by atoms with Crippen molar-refractivity contribution in [2.24, 2.45) is 23.2 Å². The van der Waals surface area contributed by atoms with E-state index in [-0.39, 0.29) is 7.12 Å². The van der Waals surface area contributed by atoms with Gasteiger partial charge in [-0.15, -0.1) is 0 Å². The summed E-state index contributed by atoms with van der Waals surface area (Å²) >= 11 is 0. The molecule has 4 unspecified atom stereocenters. The first kappa shape index (κ1) is 16.6. The molecule has 0 radical (unpaired) electrons. The number of rotatable bonds is 4. The Hall–Kier alpha value is -0.275. The SMILES string of the molecule is CC=CC(CC1CCC1)B1OCCC2CC(C(C)O1)C2(C)C. The summed E-state index contributed by atoms with van der Waals surface area (Å²) in [7, 11) is -0.0399. The third-order valence-corrected chi connectivity index (χ3v) is 6.83. The summed E-state index contributed by atoms with van der Waals surface area (Å²) in [6.07, 6.45) is 12.8. The van der Waals surface area contributed by atoms with Crippen LogP contribution in [0.3, 0.4) is 0 Å². The first-order valence-corrected chi connectivity index (χ1v) is 9.42. The molecule has 2 heterocycles. The molecule has 0 aromatic heterocycles. The van der Waals surface area contributed by atoms with E-state index in [4.69, 9.17) is 9.31 Å². The van der Waals surface area contributed by atoms with E-state index >= 15 is 0 Å². The average molecular weight is 304 g/mol. The van der Waals surface area contributed by atoms with Gasteiger partial charge in [0.05, 0.1) is 0 Å². The predicted octanol–water partition coefficient (Wildman–Crippen LogP) is 5.10. The van der Waals surface area contributed by atoms with Crippen LogP contribution in [0.25, 0.3) is 0 Å². The van der Waals surface area contributed by atoms with Crippen LogP contribution in [-0.2, 0) is 9.31 Å². The Labute approximate surface area is 137 Å². The molecule has 2 aliphatic heterocycles. The standard InChI is InChI=1S/C19H33BO2/c1-5-7-17(12-15-8-6-9-15)20-21-11-10-16-13-18(14(2)22-20)19(16,3)4/h5,7,14-18H,6,8-13H2,1-4H3. The molecule has 2 nitrogen and oxygen atoms in total. The van der Waals surface area contributed by atoms with Gasteiger partial charge in [-0.1, -0.05) is 45.3 Å². The molecule has 2 saturated carbocycles. The lowest BCUT2D eigenvalue weighted by Gasteiger charge is -2.54. The molecule has 0 amide bonds. The minimum Gasteiger partial charge on any atom is -0.411 e. The highest BCUT2D eigenvalue weighted by Crippen LogP contribution is 2.55. The summed E-state index contributed by atoms with van der Waals surface area (Å²) < 4.78 is 12.7. The predicted molar refractivity (Wildman–Crippen MR) is 92.8 cm³/mol. The van der Waals surface area contributed by atoms with Crippen LogP contribution < -0.4 is 0 Å². The Morgan fingerprint density at radius 1 is 1.27 bits per heavy atom. The molecule has 0 aromatic rings. The largest absolute Gasteiger partial charge is 0.464 e. The van der Waals surface area contributed by atoms with Gasteiger partial charge in [0.2, 0.25) is 0 Å². The lowest BCUT2D eigenvalue weighted by Crippen LogP contribution is -2.50. The zero-order valence-electron chi connectivity index (χ0n) is 14.9. The third-order valence-electron chi connectivity index (χ3n) is 6.83. The number of hydrogen-bond acceptors (Lipinski definition) is 2. The third kappa shape index (κ3) is 3.17. The van der Waals surface area contributed by atoms with Gasteiger partial charge in [-0.05, 0) is 56.3 Å². The zero-order chi connectivity index (χ0) is 15.7. The van der Waals surface area contributed by atoms with Crippen LogP contribution in [0.1, 0.15) is 66.2 Å². The van der Waals surface area contributed by atoms with E-state index in [9.17, 15) is 0 Å². The van der Waals surface area contributed by atoms with E-state index in [0.717, 1.165) is 18.4 Å². The van der Waals surface area contributed by atoms with Crippen molar-refractivity contribution in [1.82, 2.24) is 0 Å². The average Bonchev–Trinajstić information content (AvgIpc) is 2.53. The molecular formula is C19H33BO2. The molecule has 22 heavy (non-hydrogen) atoms. The molecule has 4 aliphatic rings. The van der Waals surface area contributed by atoms with Crippen molar-refractivity contribution in [3.8, 4) is 0 Å². The Bertz CT molecular complexity index is 402. The van der Waals surface area contributed by atoms with Crippen molar-refractivity contribution in [2.75, 3.05) is 6.61 Å². The Morgan fingerprint density at radius 2 is 2.05 bits per heavy atom. The second-order valence-electron chi connectivity index (χ2n) is 8.45. The van der Waals surface area contributed by atoms with Crippen molar-refractivity contribution in [3.05, 3.63) is 12.2 Å². The molecule has 124 valence electrons. The lowest BCUT2D eigenvalue weighted by atomic mass is 9.52. The minimum absolute atomic E-state index is 0.0399. The maximum atomic E-state index is 6.47. The van der Waals surface area contributed by atoms with E-state index in [0.29, 0.717) is 23.3 Å². The van der Waals surface area contributed by atoms with E-state index in [1.807, 2.05) is 0 Å². The molecule has 2 saturated heterocycles. The lowest BCUT2D eigenvalue weighted by molar-refractivity contribution is -0.0791. The monoisotopic (exact) mass is 304 g/mol. The molecule has 0 spiro atoms. The molecule has 2 aliphatic carbocycles. The Morgan fingerprint density at radius 3 is 2.64 bits per heavy atom. The Balaban J connectivity index is 1.68. The van der Waals surface area contributed by atoms with E-state index in [1.165, 1.54) is 38.5 Å². The van der Waals surface area contributed by atoms with Crippen LogP contribution >= 0.6 is 0 Å². The van der Waals surface area contributed by atoms with E-state index in [2.05, 4.69) is 39.8 Å². The van der Waals surface area contributed by atoms with Gasteiger partial charge in [-0.25, -0.2) is 0 Å². The highest BCUT2D eigenvalue weighted by atomic mass is 16.6. The van der Waals surface area contributed by atoms with Gasteiger partial charge in [0, 0.05) is 18.5 Å². The van der Waals surface area contributed by atoms with Crippen LogP contribution in [0.15, 0.2) is 12.2 Å². The molecule has 4 atom stereocenters. The van der Waals surface area contributed by atoms with Crippen molar-refractivity contribution in [1.29, 1.82) is 0 Å². The van der Waals surface area contributed by atoms with Crippen molar-refractivity contribution < 1.29 is 9.31 Å². The minimum atomic E-state index is -0.0399. The molecule has 2 bridgehead atoms. The topological polar surface area (TPSA) is 18.5 Å². The first-order chi connectivity index (χ1) is 10.5. The zero-order valence-corrected chi connectivity index (χ0v) is 14.9. The quantitative estimate of drug-likeness (QED) is 0.531. The molecule has 4 rings (SSSR count). The van der Waals surface area contributed by atoms with Crippen molar-refractivity contribution >= 4 is 7.12 Å². The maximum absolute atomic E-state index is 6.47. The molecular weight excluding hydrogens is 271 g/mol. The van der Waals surface area contributed by atoms with Crippen molar-refractivity contribution in [2.45, 2.75) is 78.1 Å². The highest BCUT2D eigenvalue weighted by Gasteiger charge is 2.52. The van der Waals surface area contributed by atoms with Crippen LogP contribution in [0.2, 0.25) is 5.82 Å². The maximum Gasteiger partial charge on any atom is 0.464 e. The highest BCUT2D eigenvalue weighted by molar-refractivity contribution is 6.47. The number of hydrogen-bond donors (Lipinski definition) is 0. The first-order valence-electron chi connectivity index (χ1n) is 9.42. The Kier molecular flexibility index (Phi) is 5.04. The normalized spacial score (nSPS) is 36.9. The summed E-state index contributed by atoms with van der Waals surface area (Å²) in [6.45, 7) is 10.1. The molecule has 3 heteroatoms. The fraction of sp³-hybridized carbons (Fsp3) is 0.895. The van der Waals surface area contributed by atoms with Gasteiger partial charge in [-0.3, -0.25) is 0 Å².